The van der Waals surface area contributed by atoms with Gasteiger partial charge in [0.15, 0.2) is 0 Å². The highest BCUT2D eigenvalue weighted by molar-refractivity contribution is 5.79. The third-order valence-corrected chi connectivity index (χ3v) is 4.62. The Kier molecular flexibility index (Phi) is 4.31. The van der Waals surface area contributed by atoms with Gasteiger partial charge in [-0.05, 0) is 37.0 Å². The molecule has 104 valence electrons. The minimum Gasteiger partial charge on any atom is -0.378 e. The fourth-order valence-electron chi connectivity index (χ4n) is 3.25. The van der Waals surface area contributed by atoms with E-state index in [1.54, 1.807) is 0 Å². The van der Waals surface area contributed by atoms with Gasteiger partial charge >= 0.3 is 0 Å². The summed E-state index contributed by atoms with van der Waals surface area (Å²) in [6.07, 6.45) is 4.59. The van der Waals surface area contributed by atoms with Crippen LogP contribution in [-0.4, -0.2) is 37.1 Å². The molecule has 0 atom stereocenters. The molecule has 1 aliphatic heterocycles. The molecule has 18 heavy (non-hydrogen) atoms. The van der Waals surface area contributed by atoms with Gasteiger partial charge in [-0.3, -0.25) is 4.79 Å². The van der Waals surface area contributed by atoms with Crippen LogP contribution in [-0.2, 0) is 9.53 Å². The lowest BCUT2D eigenvalue weighted by molar-refractivity contribution is -0.141. The predicted molar refractivity (Wildman–Crippen MR) is 72.3 cm³/mol. The zero-order valence-electron chi connectivity index (χ0n) is 12.1. The van der Waals surface area contributed by atoms with Crippen LogP contribution in [0.2, 0.25) is 0 Å². The van der Waals surface area contributed by atoms with Crippen molar-refractivity contribution in [2.24, 2.45) is 17.3 Å². The monoisotopic (exact) mass is 253 g/mol. The van der Waals surface area contributed by atoms with Crippen LogP contribution in [0.3, 0.4) is 0 Å². The first kappa shape index (κ1) is 13.9. The Morgan fingerprint density at radius 3 is 2.11 bits per heavy atom. The van der Waals surface area contributed by atoms with E-state index in [0.717, 1.165) is 31.8 Å². The number of ether oxygens (including phenoxy) is 1. The Labute approximate surface area is 111 Å². The van der Waals surface area contributed by atoms with Gasteiger partial charge in [0, 0.05) is 19.0 Å². The highest BCUT2D eigenvalue weighted by atomic mass is 16.5. The zero-order chi connectivity index (χ0) is 13.2. The molecule has 0 radical (unpaired) electrons. The molecular weight excluding hydrogens is 226 g/mol. The molecule has 2 fully saturated rings. The lowest BCUT2D eigenvalue weighted by atomic mass is 9.69. The Morgan fingerprint density at radius 1 is 1.06 bits per heavy atom. The molecule has 0 aromatic heterocycles. The summed E-state index contributed by atoms with van der Waals surface area (Å²) in [5, 5.41) is 0. The van der Waals surface area contributed by atoms with Gasteiger partial charge in [-0.15, -0.1) is 0 Å². The number of morpholine rings is 1. The van der Waals surface area contributed by atoms with Gasteiger partial charge in [0.1, 0.15) is 0 Å². The average molecular weight is 253 g/mol. The first-order chi connectivity index (χ1) is 8.48. The van der Waals surface area contributed by atoms with Gasteiger partial charge in [0.05, 0.1) is 13.2 Å². The van der Waals surface area contributed by atoms with Crippen molar-refractivity contribution in [3.05, 3.63) is 0 Å². The van der Waals surface area contributed by atoms with Gasteiger partial charge < -0.3 is 9.64 Å². The quantitative estimate of drug-likeness (QED) is 0.719. The molecule has 1 heterocycles. The maximum atomic E-state index is 12.4. The molecule has 0 spiro atoms. The highest BCUT2D eigenvalue weighted by Gasteiger charge is 2.34. The summed E-state index contributed by atoms with van der Waals surface area (Å²) in [5.41, 5.74) is 0.396. The minimum absolute atomic E-state index is 0.279. The maximum Gasteiger partial charge on any atom is 0.225 e. The normalized spacial score (nSPS) is 30.3. The molecule has 0 N–H and O–H groups in total. The van der Waals surface area contributed by atoms with E-state index in [-0.39, 0.29) is 5.92 Å². The minimum atomic E-state index is 0.279. The smallest absolute Gasteiger partial charge is 0.225 e. The second-order valence-electron chi connectivity index (χ2n) is 6.85. The number of hydrogen-bond donors (Lipinski definition) is 0. The van der Waals surface area contributed by atoms with Crippen LogP contribution in [0.1, 0.15) is 46.5 Å². The Balaban J connectivity index is 1.83. The van der Waals surface area contributed by atoms with Crippen molar-refractivity contribution >= 4 is 5.91 Å². The summed E-state index contributed by atoms with van der Waals surface area (Å²) in [5.74, 6) is 1.44. The molecule has 1 aliphatic carbocycles. The van der Waals surface area contributed by atoms with Gasteiger partial charge in [0.2, 0.25) is 5.91 Å². The van der Waals surface area contributed by atoms with Crippen LogP contribution in [0.5, 0.6) is 0 Å². The van der Waals surface area contributed by atoms with Crippen molar-refractivity contribution in [2.45, 2.75) is 46.5 Å². The maximum absolute atomic E-state index is 12.4. The molecule has 2 rings (SSSR count). The van der Waals surface area contributed by atoms with Gasteiger partial charge in [0.25, 0.3) is 0 Å². The van der Waals surface area contributed by atoms with Crippen molar-refractivity contribution in [3.8, 4) is 0 Å². The van der Waals surface area contributed by atoms with Crippen LogP contribution in [0.15, 0.2) is 0 Å². The molecule has 3 heteroatoms. The largest absolute Gasteiger partial charge is 0.378 e. The highest BCUT2D eigenvalue weighted by Crippen LogP contribution is 2.40. The molecule has 1 saturated carbocycles. The zero-order valence-corrected chi connectivity index (χ0v) is 12.1. The molecule has 0 aromatic carbocycles. The number of carbonyl (C=O) groups excluding carboxylic acids is 1. The molecule has 0 unspecified atom stereocenters. The molecular formula is C15H27NO2. The SMILES string of the molecule is CC(C)(C)[C@H]1CC[C@H](C(=O)N2CCOCC2)CC1. The van der Waals surface area contributed by atoms with Crippen LogP contribution in [0.25, 0.3) is 0 Å². The molecule has 3 nitrogen and oxygen atoms in total. The summed E-state index contributed by atoms with van der Waals surface area (Å²) < 4.78 is 5.31. The summed E-state index contributed by atoms with van der Waals surface area (Å²) in [4.78, 5) is 14.4. The average Bonchev–Trinajstić information content (AvgIpc) is 2.38. The van der Waals surface area contributed by atoms with Crippen molar-refractivity contribution < 1.29 is 9.53 Å². The fraction of sp³-hybridized carbons (Fsp3) is 0.933. The lowest BCUT2D eigenvalue weighted by Crippen LogP contribution is -2.44. The summed E-state index contributed by atoms with van der Waals surface area (Å²) in [7, 11) is 0. The van der Waals surface area contributed by atoms with Crippen molar-refractivity contribution in [3.63, 3.8) is 0 Å². The molecule has 0 aromatic rings. The molecule has 1 saturated heterocycles. The van der Waals surface area contributed by atoms with E-state index in [1.807, 2.05) is 4.90 Å². The number of carbonyl (C=O) groups is 1. The van der Waals surface area contributed by atoms with E-state index in [4.69, 9.17) is 4.74 Å². The third kappa shape index (κ3) is 3.25. The fourth-order valence-corrected chi connectivity index (χ4v) is 3.25. The number of rotatable bonds is 1. The summed E-state index contributed by atoms with van der Waals surface area (Å²) in [6.45, 7) is 9.97. The Morgan fingerprint density at radius 2 is 1.61 bits per heavy atom. The van der Waals surface area contributed by atoms with E-state index >= 15 is 0 Å². The first-order valence-electron chi connectivity index (χ1n) is 7.35. The van der Waals surface area contributed by atoms with E-state index in [2.05, 4.69) is 20.8 Å². The summed E-state index contributed by atoms with van der Waals surface area (Å²) >= 11 is 0. The van der Waals surface area contributed by atoms with Crippen molar-refractivity contribution in [1.29, 1.82) is 0 Å². The standard InChI is InChI=1S/C15H27NO2/c1-15(2,3)13-6-4-12(5-7-13)14(17)16-8-10-18-11-9-16/h12-13H,4-11H2,1-3H3/t12-,13-. The first-order valence-corrected chi connectivity index (χ1v) is 7.35. The van der Waals surface area contributed by atoms with E-state index < -0.39 is 0 Å². The van der Waals surface area contributed by atoms with Crippen LogP contribution in [0.4, 0.5) is 0 Å². The number of hydrogen-bond acceptors (Lipinski definition) is 2. The van der Waals surface area contributed by atoms with Crippen LogP contribution < -0.4 is 0 Å². The van der Waals surface area contributed by atoms with Crippen molar-refractivity contribution in [1.82, 2.24) is 4.90 Å². The summed E-state index contributed by atoms with van der Waals surface area (Å²) in [6, 6.07) is 0. The third-order valence-electron chi connectivity index (χ3n) is 4.62. The van der Waals surface area contributed by atoms with E-state index in [9.17, 15) is 4.79 Å². The van der Waals surface area contributed by atoms with Gasteiger partial charge in [-0.25, -0.2) is 0 Å². The molecule has 1 amide bonds. The lowest BCUT2D eigenvalue weighted by Gasteiger charge is -2.38. The van der Waals surface area contributed by atoms with Crippen molar-refractivity contribution in [2.75, 3.05) is 26.3 Å². The van der Waals surface area contributed by atoms with Crippen LogP contribution >= 0.6 is 0 Å². The topological polar surface area (TPSA) is 29.5 Å². The number of nitrogens with zero attached hydrogens (tertiary/aromatic N) is 1. The second kappa shape index (κ2) is 5.60. The van der Waals surface area contributed by atoms with Crippen LogP contribution in [0, 0.1) is 17.3 Å². The molecule has 0 bridgehead atoms. The van der Waals surface area contributed by atoms with Gasteiger partial charge in [-0.1, -0.05) is 20.8 Å². The molecule has 2 aliphatic rings. The Hall–Kier alpha value is -0.570. The Bertz CT molecular complexity index is 281. The second-order valence-corrected chi connectivity index (χ2v) is 6.85. The predicted octanol–water partition coefficient (Wildman–Crippen LogP) is 2.70. The van der Waals surface area contributed by atoms with E-state index in [1.165, 1.54) is 12.8 Å². The van der Waals surface area contributed by atoms with E-state index in [0.29, 0.717) is 24.5 Å². The van der Waals surface area contributed by atoms with Gasteiger partial charge in [-0.2, -0.15) is 0 Å². The number of amides is 1.